The van der Waals surface area contributed by atoms with Crippen LogP contribution in [0.1, 0.15) is 0 Å². The largest absolute Gasteiger partial charge is 0.270 e. The number of nitrogens with zero attached hydrogens (tertiary/aromatic N) is 1. The van der Waals surface area contributed by atoms with Crippen LogP contribution in [0.3, 0.4) is 0 Å². The normalized spacial score (nSPS) is 10.7. The van der Waals surface area contributed by atoms with Gasteiger partial charge in [-0.15, -0.1) is 0 Å². The van der Waals surface area contributed by atoms with E-state index >= 15 is 0 Å². The van der Waals surface area contributed by atoms with Crippen LogP contribution >= 0.6 is 0 Å². The Hall–Kier alpha value is -2.75. The Labute approximate surface area is 114 Å². The second kappa shape index (κ2) is 4.74. The first kappa shape index (κ1) is 12.3. The highest BCUT2D eigenvalue weighted by Crippen LogP contribution is 2.32. The van der Waals surface area contributed by atoms with E-state index in [1.54, 1.807) is 6.07 Å². The van der Waals surface area contributed by atoms with Gasteiger partial charge in [-0.3, -0.25) is 10.1 Å². The number of nitro benzene ring substituents is 1. The molecule has 98 valence electrons. The molecule has 0 N–H and O–H groups in total. The molecule has 0 bridgehead atoms. The molecule has 0 heterocycles. The SMILES string of the molecule is O=[N+]([O-])c1ccc(F)c(-c2cccc3ccccc23)c1. The molecule has 0 spiro atoms. The smallest absolute Gasteiger partial charge is 0.258 e. The molecule has 3 nitrogen and oxygen atoms in total. The summed E-state index contributed by atoms with van der Waals surface area (Å²) in [7, 11) is 0. The van der Waals surface area contributed by atoms with Crippen LogP contribution in [0.4, 0.5) is 10.1 Å². The zero-order valence-corrected chi connectivity index (χ0v) is 10.4. The van der Waals surface area contributed by atoms with Crippen molar-refractivity contribution in [1.82, 2.24) is 0 Å². The topological polar surface area (TPSA) is 43.1 Å². The molecule has 0 radical (unpaired) electrons. The van der Waals surface area contributed by atoms with Crippen molar-refractivity contribution in [3.05, 3.63) is 76.6 Å². The minimum absolute atomic E-state index is 0.116. The lowest BCUT2D eigenvalue weighted by Gasteiger charge is -2.07. The summed E-state index contributed by atoms with van der Waals surface area (Å²) in [5.74, 6) is -0.466. The van der Waals surface area contributed by atoms with E-state index in [9.17, 15) is 14.5 Å². The van der Waals surface area contributed by atoms with Gasteiger partial charge in [0, 0.05) is 17.7 Å². The van der Waals surface area contributed by atoms with Gasteiger partial charge in [-0.2, -0.15) is 0 Å². The Morgan fingerprint density at radius 3 is 2.45 bits per heavy atom. The Kier molecular flexibility index (Phi) is 2.91. The van der Waals surface area contributed by atoms with Crippen molar-refractivity contribution in [1.29, 1.82) is 0 Å². The molecular weight excluding hydrogens is 257 g/mol. The van der Waals surface area contributed by atoms with E-state index in [2.05, 4.69) is 0 Å². The summed E-state index contributed by atoms with van der Waals surface area (Å²) in [6.45, 7) is 0. The second-order valence-electron chi connectivity index (χ2n) is 4.45. The molecule has 0 aliphatic heterocycles. The Morgan fingerprint density at radius 1 is 0.900 bits per heavy atom. The molecule has 3 rings (SSSR count). The van der Waals surface area contributed by atoms with E-state index in [0.29, 0.717) is 5.56 Å². The summed E-state index contributed by atoms with van der Waals surface area (Å²) < 4.78 is 14.0. The zero-order chi connectivity index (χ0) is 14.1. The number of nitro groups is 1. The summed E-state index contributed by atoms with van der Waals surface area (Å²) in [6.07, 6.45) is 0. The highest BCUT2D eigenvalue weighted by Gasteiger charge is 2.14. The minimum atomic E-state index is -0.520. The van der Waals surface area contributed by atoms with Gasteiger partial charge in [0.2, 0.25) is 0 Å². The Balaban J connectivity index is 2.30. The first-order chi connectivity index (χ1) is 9.66. The first-order valence-electron chi connectivity index (χ1n) is 6.09. The number of benzene rings is 3. The van der Waals surface area contributed by atoms with Crippen LogP contribution in [0.5, 0.6) is 0 Å². The van der Waals surface area contributed by atoms with Crippen molar-refractivity contribution < 1.29 is 9.31 Å². The number of halogens is 1. The quantitative estimate of drug-likeness (QED) is 0.504. The molecule has 20 heavy (non-hydrogen) atoms. The lowest BCUT2D eigenvalue weighted by Crippen LogP contribution is -1.91. The van der Waals surface area contributed by atoms with Gasteiger partial charge < -0.3 is 0 Å². The van der Waals surface area contributed by atoms with Crippen molar-refractivity contribution in [2.24, 2.45) is 0 Å². The second-order valence-corrected chi connectivity index (χ2v) is 4.45. The van der Waals surface area contributed by atoms with E-state index in [4.69, 9.17) is 0 Å². The first-order valence-corrected chi connectivity index (χ1v) is 6.09. The van der Waals surface area contributed by atoms with Gasteiger partial charge in [0.15, 0.2) is 0 Å². The molecule has 0 aliphatic rings. The maximum atomic E-state index is 14.0. The summed E-state index contributed by atoms with van der Waals surface area (Å²) in [4.78, 5) is 10.3. The Bertz CT molecular complexity index is 809. The molecule has 0 aliphatic carbocycles. The molecule has 0 saturated heterocycles. The van der Waals surface area contributed by atoms with Gasteiger partial charge in [0.05, 0.1) is 4.92 Å². The fourth-order valence-corrected chi connectivity index (χ4v) is 2.29. The monoisotopic (exact) mass is 267 g/mol. The van der Waals surface area contributed by atoms with Crippen LogP contribution in [-0.2, 0) is 0 Å². The highest BCUT2D eigenvalue weighted by molar-refractivity contribution is 5.97. The molecular formula is C16H10FNO2. The molecule has 3 aromatic rings. The van der Waals surface area contributed by atoms with Crippen LogP contribution in [0.2, 0.25) is 0 Å². The highest BCUT2D eigenvalue weighted by atomic mass is 19.1. The van der Waals surface area contributed by atoms with Crippen molar-refractivity contribution in [3.8, 4) is 11.1 Å². The molecule has 4 heteroatoms. The van der Waals surface area contributed by atoms with Crippen molar-refractivity contribution in [3.63, 3.8) is 0 Å². The van der Waals surface area contributed by atoms with Crippen molar-refractivity contribution in [2.75, 3.05) is 0 Å². The van der Waals surface area contributed by atoms with Gasteiger partial charge in [-0.05, 0) is 22.4 Å². The minimum Gasteiger partial charge on any atom is -0.258 e. The summed E-state index contributed by atoms with van der Waals surface area (Å²) in [5.41, 5.74) is 0.787. The average molecular weight is 267 g/mol. The van der Waals surface area contributed by atoms with Crippen LogP contribution in [-0.4, -0.2) is 4.92 Å². The third-order valence-electron chi connectivity index (χ3n) is 3.24. The summed E-state index contributed by atoms with van der Waals surface area (Å²) in [5, 5.41) is 12.7. The number of non-ortho nitro benzene ring substituents is 1. The lowest BCUT2D eigenvalue weighted by atomic mass is 9.97. The van der Waals surface area contributed by atoms with E-state index in [1.165, 1.54) is 12.1 Å². The van der Waals surface area contributed by atoms with E-state index in [-0.39, 0.29) is 11.3 Å². The van der Waals surface area contributed by atoms with Crippen LogP contribution in [0.15, 0.2) is 60.7 Å². The molecule has 0 amide bonds. The lowest BCUT2D eigenvalue weighted by molar-refractivity contribution is -0.384. The van der Waals surface area contributed by atoms with E-state index < -0.39 is 10.7 Å². The summed E-state index contributed by atoms with van der Waals surface area (Å²) >= 11 is 0. The molecule has 0 aromatic heterocycles. The molecule has 0 saturated carbocycles. The van der Waals surface area contributed by atoms with Crippen molar-refractivity contribution in [2.45, 2.75) is 0 Å². The van der Waals surface area contributed by atoms with Gasteiger partial charge in [0.1, 0.15) is 5.82 Å². The third kappa shape index (κ3) is 2.01. The average Bonchev–Trinajstić information content (AvgIpc) is 2.47. The zero-order valence-electron chi connectivity index (χ0n) is 10.4. The number of hydrogen-bond donors (Lipinski definition) is 0. The van der Waals surface area contributed by atoms with Crippen molar-refractivity contribution >= 4 is 16.5 Å². The van der Waals surface area contributed by atoms with Crippen LogP contribution in [0.25, 0.3) is 21.9 Å². The molecule has 0 unspecified atom stereocenters. The number of fused-ring (bicyclic) bond motifs is 1. The molecule has 0 fully saturated rings. The van der Waals surface area contributed by atoms with Gasteiger partial charge in [0.25, 0.3) is 5.69 Å². The van der Waals surface area contributed by atoms with Crippen LogP contribution in [0, 0.1) is 15.9 Å². The Morgan fingerprint density at radius 2 is 1.65 bits per heavy atom. The van der Waals surface area contributed by atoms with Crippen LogP contribution < -0.4 is 0 Å². The van der Waals surface area contributed by atoms with E-state index in [0.717, 1.165) is 16.8 Å². The molecule has 0 atom stereocenters. The third-order valence-corrected chi connectivity index (χ3v) is 3.24. The maximum absolute atomic E-state index is 14.0. The fraction of sp³-hybridized carbons (Fsp3) is 0. The fourth-order valence-electron chi connectivity index (χ4n) is 2.29. The standard InChI is InChI=1S/C16H10FNO2/c17-16-9-8-12(18(19)20)10-15(16)14-7-3-5-11-4-1-2-6-13(11)14/h1-10H. The summed E-state index contributed by atoms with van der Waals surface area (Å²) in [6, 6.07) is 16.7. The van der Waals surface area contributed by atoms with Gasteiger partial charge in [-0.1, -0.05) is 42.5 Å². The molecule has 3 aromatic carbocycles. The van der Waals surface area contributed by atoms with Gasteiger partial charge in [-0.25, -0.2) is 4.39 Å². The van der Waals surface area contributed by atoms with Gasteiger partial charge >= 0.3 is 0 Å². The number of hydrogen-bond acceptors (Lipinski definition) is 2. The predicted octanol–water partition coefficient (Wildman–Crippen LogP) is 4.55. The predicted molar refractivity (Wildman–Crippen MR) is 76.0 cm³/mol. The number of rotatable bonds is 2. The van der Waals surface area contributed by atoms with E-state index in [1.807, 2.05) is 36.4 Å². The maximum Gasteiger partial charge on any atom is 0.270 e.